The molecule has 0 amide bonds. The molecule has 0 radical (unpaired) electrons. The molecule has 0 aliphatic carbocycles. The zero-order valence-corrected chi connectivity index (χ0v) is 13.9. The largest absolute Gasteiger partial charge is 1.00 e. The zero-order chi connectivity index (χ0) is 13.4. The molecule has 1 unspecified atom stereocenters. The summed E-state index contributed by atoms with van der Waals surface area (Å²) in [4.78, 5) is 4.85. The standard InChI is InChI=1S/C5H9NO.C3H6.C2H5NO.ClO.Na/c1-4-3-5(2)7-6-4;1-3-2;1-2-3-4;1-2;/h5H,3H2,1-2H3;3H,1H2,2H3;2,4H,1H3;;/q;;;-1;+1/b;;3-2+;;. The third kappa shape index (κ3) is 31.3. The van der Waals surface area contributed by atoms with Gasteiger partial charge >= 0.3 is 29.6 Å². The fourth-order valence-electron chi connectivity index (χ4n) is 0.670. The number of hydrogen-bond donors (Lipinski definition) is 1. The molecular formula is C10H20ClN2NaO3. The van der Waals surface area contributed by atoms with Gasteiger partial charge in [0, 0.05) is 12.6 Å². The van der Waals surface area contributed by atoms with Crippen LogP contribution in [0.3, 0.4) is 0 Å². The van der Waals surface area contributed by atoms with Crippen LogP contribution in [0.5, 0.6) is 0 Å². The summed E-state index contributed by atoms with van der Waals surface area (Å²) in [6, 6.07) is 0. The van der Waals surface area contributed by atoms with Crippen molar-refractivity contribution in [3.8, 4) is 0 Å². The summed E-state index contributed by atoms with van der Waals surface area (Å²) < 4.78 is 7.72. The van der Waals surface area contributed by atoms with Crippen LogP contribution in [0.4, 0.5) is 0 Å². The molecule has 1 rings (SSSR count). The Hall–Kier alpha value is -0.0700. The minimum absolute atomic E-state index is 0. The first-order chi connectivity index (χ1) is 7.62. The molecule has 5 nitrogen and oxygen atoms in total. The predicted molar refractivity (Wildman–Crippen MR) is 65.9 cm³/mol. The molecule has 0 saturated carbocycles. The van der Waals surface area contributed by atoms with Gasteiger partial charge in [-0.3, -0.25) is 0 Å². The maximum atomic E-state index is 7.72. The first-order valence-corrected chi connectivity index (χ1v) is 4.97. The second-order valence-electron chi connectivity index (χ2n) is 2.73. The van der Waals surface area contributed by atoms with Crippen molar-refractivity contribution in [1.29, 1.82) is 0 Å². The van der Waals surface area contributed by atoms with E-state index < -0.39 is 0 Å². The van der Waals surface area contributed by atoms with Gasteiger partial charge in [0.25, 0.3) is 0 Å². The van der Waals surface area contributed by atoms with E-state index >= 15 is 0 Å². The Bertz CT molecular complexity index is 198. The van der Waals surface area contributed by atoms with Gasteiger partial charge in [-0.25, -0.2) is 11.9 Å². The molecule has 0 aromatic rings. The molecular weight excluding hydrogens is 255 g/mol. The molecule has 0 aromatic carbocycles. The summed E-state index contributed by atoms with van der Waals surface area (Å²) in [5.41, 5.74) is 1.10. The first-order valence-electron chi connectivity index (χ1n) is 4.66. The Balaban J connectivity index is -0.0000000741. The average Bonchev–Trinajstić information content (AvgIpc) is 2.67. The van der Waals surface area contributed by atoms with Gasteiger partial charge < -0.3 is 14.7 Å². The number of rotatable bonds is 0. The molecule has 1 aliphatic heterocycles. The normalized spacial score (nSPS) is 15.4. The molecule has 0 aromatic heterocycles. The van der Waals surface area contributed by atoms with Gasteiger partial charge in [-0.05, 0) is 27.7 Å². The van der Waals surface area contributed by atoms with Crippen LogP contribution in [0.25, 0.3) is 0 Å². The molecule has 1 atom stereocenters. The smallest absolute Gasteiger partial charge is 0.769 e. The van der Waals surface area contributed by atoms with E-state index in [1.807, 2.05) is 20.8 Å². The second kappa shape index (κ2) is 24.9. The molecule has 0 bridgehead atoms. The van der Waals surface area contributed by atoms with Gasteiger partial charge in [-0.2, -0.15) is 0 Å². The van der Waals surface area contributed by atoms with Crippen LogP contribution in [-0.4, -0.2) is 23.2 Å². The second-order valence-corrected chi connectivity index (χ2v) is 2.73. The van der Waals surface area contributed by atoms with Crippen molar-refractivity contribution >= 4 is 23.8 Å². The fraction of sp³-hybridized carbons (Fsp3) is 0.600. The summed E-state index contributed by atoms with van der Waals surface area (Å²) >= 11 is 3.39. The third-order valence-electron chi connectivity index (χ3n) is 1.09. The summed E-state index contributed by atoms with van der Waals surface area (Å²) in [6.07, 6.45) is 4.38. The van der Waals surface area contributed by atoms with Gasteiger partial charge in [-0.1, -0.05) is 11.2 Å². The minimum atomic E-state index is 0. The summed E-state index contributed by atoms with van der Waals surface area (Å²) in [7, 11) is 0. The first kappa shape index (κ1) is 25.7. The quantitative estimate of drug-likeness (QED) is 0.209. The maximum Gasteiger partial charge on any atom is 1.00 e. The molecule has 7 heteroatoms. The van der Waals surface area contributed by atoms with Crippen LogP contribution in [0.1, 0.15) is 34.1 Å². The van der Waals surface area contributed by atoms with Crippen LogP contribution in [-0.2, 0) is 4.84 Å². The number of hydrogen-bond acceptors (Lipinski definition) is 5. The number of allylic oxidation sites excluding steroid dienone is 1. The molecule has 96 valence electrons. The van der Waals surface area contributed by atoms with Crippen LogP contribution in [0.15, 0.2) is 23.0 Å². The van der Waals surface area contributed by atoms with Gasteiger partial charge in [0.05, 0.1) is 5.71 Å². The van der Waals surface area contributed by atoms with Gasteiger partial charge in [0.2, 0.25) is 0 Å². The van der Waals surface area contributed by atoms with E-state index in [0.717, 1.165) is 12.1 Å². The van der Waals surface area contributed by atoms with Crippen LogP contribution >= 0.6 is 11.9 Å². The monoisotopic (exact) mass is 274 g/mol. The minimum Gasteiger partial charge on any atom is -0.769 e. The van der Waals surface area contributed by atoms with E-state index in [0.29, 0.717) is 6.10 Å². The van der Waals surface area contributed by atoms with Gasteiger partial charge in [0.1, 0.15) is 6.10 Å². The van der Waals surface area contributed by atoms with E-state index in [-0.39, 0.29) is 29.6 Å². The Morgan fingerprint density at radius 1 is 1.59 bits per heavy atom. The maximum absolute atomic E-state index is 7.72. The number of nitrogens with zero attached hydrogens (tertiary/aromatic N) is 2. The van der Waals surface area contributed by atoms with E-state index in [4.69, 9.17) is 14.7 Å². The van der Waals surface area contributed by atoms with Crippen molar-refractivity contribution in [3.05, 3.63) is 12.7 Å². The Morgan fingerprint density at radius 3 is 2.00 bits per heavy atom. The molecule has 1 heterocycles. The Labute approximate surface area is 131 Å². The van der Waals surface area contributed by atoms with E-state index in [1.165, 1.54) is 6.21 Å². The summed E-state index contributed by atoms with van der Waals surface area (Å²) in [5, 5.41) is 13.8. The number of halogens is 1. The van der Waals surface area contributed by atoms with Crippen molar-refractivity contribution in [1.82, 2.24) is 0 Å². The van der Waals surface area contributed by atoms with Gasteiger partial charge in [0.15, 0.2) is 0 Å². The van der Waals surface area contributed by atoms with Crippen molar-refractivity contribution in [2.45, 2.75) is 40.2 Å². The van der Waals surface area contributed by atoms with E-state index in [1.54, 1.807) is 13.0 Å². The van der Waals surface area contributed by atoms with Crippen LogP contribution < -0.4 is 34.2 Å². The summed E-state index contributed by atoms with van der Waals surface area (Å²) in [5.74, 6) is 0. The Kier molecular flexibility index (Phi) is 37.7. The number of oxime groups is 2. The van der Waals surface area contributed by atoms with Gasteiger partial charge in [-0.15, -0.1) is 11.7 Å². The fourth-order valence-corrected chi connectivity index (χ4v) is 0.670. The molecule has 0 fully saturated rings. The van der Waals surface area contributed by atoms with Crippen molar-refractivity contribution in [2.75, 3.05) is 0 Å². The SMILES string of the molecule is C/C=N/O.C=CC.CC1=NOC(C)C1.[Na+].[O-]Cl. The zero-order valence-electron chi connectivity index (χ0n) is 11.2. The topological polar surface area (TPSA) is 77.2 Å². The molecule has 1 N–H and O–H groups in total. The van der Waals surface area contributed by atoms with E-state index in [2.05, 4.69) is 28.8 Å². The van der Waals surface area contributed by atoms with Crippen molar-refractivity contribution < 1.29 is 44.3 Å². The van der Waals surface area contributed by atoms with Crippen LogP contribution in [0.2, 0.25) is 0 Å². The van der Waals surface area contributed by atoms with Crippen molar-refractivity contribution in [2.24, 2.45) is 10.3 Å². The Morgan fingerprint density at radius 2 is 1.94 bits per heavy atom. The predicted octanol–water partition coefficient (Wildman–Crippen LogP) is -0.666. The average molecular weight is 275 g/mol. The van der Waals surface area contributed by atoms with Crippen LogP contribution in [0, 0.1) is 0 Å². The van der Waals surface area contributed by atoms with E-state index in [9.17, 15) is 0 Å². The summed E-state index contributed by atoms with van der Waals surface area (Å²) in [6.45, 7) is 10.9. The molecule has 1 aliphatic rings. The third-order valence-corrected chi connectivity index (χ3v) is 1.09. The molecule has 0 saturated heterocycles. The molecule has 0 spiro atoms. The van der Waals surface area contributed by atoms with Crippen molar-refractivity contribution in [3.63, 3.8) is 0 Å². The molecule has 17 heavy (non-hydrogen) atoms.